The van der Waals surface area contributed by atoms with Gasteiger partial charge in [0.2, 0.25) is 0 Å². The van der Waals surface area contributed by atoms with Crippen molar-refractivity contribution in [3.05, 3.63) is 24.3 Å². The zero-order valence-corrected chi connectivity index (χ0v) is 18.9. The first-order chi connectivity index (χ1) is 15.0. The smallest absolute Gasteiger partial charge is 0.440 e. The molecule has 1 aromatic carbocycles. The summed E-state index contributed by atoms with van der Waals surface area (Å²) in [6, 6.07) is 7.61. The van der Waals surface area contributed by atoms with E-state index in [0.29, 0.717) is 11.8 Å². The maximum Gasteiger partial charge on any atom is 0.440 e. The maximum absolute atomic E-state index is 12.3. The number of anilines is 1. The van der Waals surface area contributed by atoms with Gasteiger partial charge in [-0.25, -0.2) is 9.59 Å². The third kappa shape index (κ3) is 8.94. The molecule has 31 heavy (non-hydrogen) atoms. The molecular formula is C23H38N4O4. The number of hydrogen-bond donors (Lipinski definition) is 3. The number of benzene rings is 1. The third-order valence-electron chi connectivity index (χ3n) is 5.53. The second kappa shape index (κ2) is 13.6. The molecule has 1 aliphatic rings. The van der Waals surface area contributed by atoms with Gasteiger partial charge in [-0.05, 0) is 50.5 Å². The second-order valence-corrected chi connectivity index (χ2v) is 8.00. The molecule has 0 spiro atoms. The Balaban J connectivity index is 1.65. The van der Waals surface area contributed by atoms with E-state index in [0.717, 1.165) is 49.6 Å². The van der Waals surface area contributed by atoms with Crippen LogP contribution in [0.25, 0.3) is 0 Å². The van der Waals surface area contributed by atoms with Gasteiger partial charge in [-0.3, -0.25) is 0 Å². The zero-order chi connectivity index (χ0) is 22.5. The number of nitrogens with zero attached hydrogens (tertiary/aromatic N) is 2. The lowest BCUT2D eigenvalue weighted by Gasteiger charge is -2.33. The molecule has 0 radical (unpaired) electrons. The molecule has 1 aliphatic heterocycles. The maximum atomic E-state index is 12.3. The van der Waals surface area contributed by atoms with Crippen molar-refractivity contribution in [2.75, 3.05) is 31.5 Å². The van der Waals surface area contributed by atoms with Crippen LogP contribution in [0, 0.1) is 0 Å². The number of carbonyl (C=O) groups excluding carboxylic acids is 1. The van der Waals surface area contributed by atoms with Crippen LogP contribution in [0.5, 0.6) is 5.75 Å². The van der Waals surface area contributed by atoms with E-state index in [1.807, 2.05) is 17.0 Å². The van der Waals surface area contributed by atoms with Crippen molar-refractivity contribution in [2.45, 2.75) is 71.3 Å². The summed E-state index contributed by atoms with van der Waals surface area (Å²) in [6.45, 7) is 6.42. The summed E-state index contributed by atoms with van der Waals surface area (Å²) in [7, 11) is 0. The van der Waals surface area contributed by atoms with E-state index in [1.54, 1.807) is 19.1 Å². The standard InChI is InChI=1S/C23H38N4O4/c1-3-5-6-7-8-9-16-24-22(28)26-17-14-20(15-18-26)25-19-10-12-21(13-11-19)31-27(4-2)23(29)30/h10-13,20,25H,3-9,14-18H2,1-2H3,(H,24,28)(H,29,30). The fourth-order valence-corrected chi connectivity index (χ4v) is 3.65. The molecule has 1 saturated heterocycles. The number of carbonyl (C=O) groups is 2. The molecule has 1 fully saturated rings. The van der Waals surface area contributed by atoms with Crippen LogP contribution < -0.4 is 15.5 Å². The van der Waals surface area contributed by atoms with E-state index in [9.17, 15) is 9.59 Å². The molecule has 8 nitrogen and oxygen atoms in total. The van der Waals surface area contributed by atoms with Crippen molar-refractivity contribution in [1.82, 2.24) is 15.3 Å². The number of carboxylic acid groups (broad SMARTS) is 1. The summed E-state index contributed by atoms with van der Waals surface area (Å²) in [5, 5.41) is 16.4. The molecule has 2 rings (SSSR count). The number of unbranched alkanes of at least 4 members (excludes halogenated alkanes) is 5. The number of hydroxylamine groups is 2. The van der Waals surface area contributed by atoms with E-state index in [2.05, 4.69) is 17.6 Å². The Bertz CT molecular complexity index is 660. The van der Waals surface area contributed by atoms with Gasteiger partial charge in [0.1, 0.15) is 0 Å². The Labute approximate surface area is 185 Å². The number of nitrogens with one attached hydrogen (secondary N) is 2. The van der Waals surface area contributed by atoms with Gasteiger partial charge in [0.25, 0.3) is 0 Å². The quantitative estimate of drug-likeness (QED) is 0.320. The number of amides is 3. The van der Waals surface area contributed by atoms with Gasteiger partial charge in [-0.15, -0.1) is 5.06 Å². The van der Waals surface area contributed by atoms with E-state index < -0.39 is 6.09 Å². The average molecular weight is 435 g/mol. The van der Waals surface area contributed by atoms with Gasteiger partial charge in [0.15, 0.2) is 5.75 Å². The molecule has 1 heterocycles. The summed E-state index contributed by atoms with van der Waals surface area (Å²) < 4.78 is 0. The first kappa shape index (κ1) is 24.6. The second-order valence-electron chi connectivity index (χ2n) is 8.00. The highest BCUT2D eigenvalue weighted by atomic mass is 16.7. The van der Waals surface area contributed by atoms with Crippen molar-refractivity contribution in [1.29, 1.82) is 0 Å². The van der Waals surface area contributed by atoms with Crippen molar-refractivity contribution in [3.63, 3.8) is 0 Å². The Kier molecular flexibility index (Phi) is 10.8. The molecule has 3 N–H and O–H groups in total. The highest BCUT2D eigenvalue weighted by molar-refractivity contribution is 5.74. The Morgan fingerprint density at radius 1 is 1.06 bits per heavy atom. The predicted octanol–water partition coefficient (Wildman–Crippen LogP) is 4.93. The van der Waals surface area contributed by atoms with Gasteiger partial charge in [-0.2, -0.15) is 0 Å². The third-order valence-corrected chi connectivity index (χ3v) is 5.53. The minimum atomic E-state index is -1.12. The van der Waals surface area contributed by atoms with Crippen LogP contribution in [-0.2, 0) is 0 Å². The number of hydrogen-bond acceptors (Lipinski definition) is 4. The van der Waals surface area contributed by atoms with E-state index in [-0.39, 0.29) is 12.6 Å². The van der Waals surface area contributed by atoms with Crippen LogP contribution >= 0.6 is 0 Å². The minimum Gasteiger partial charge on any atom is -0.463 e. The summed E-state index contributed by atoms with van der Waals surface area (Å²) in [6.07, 6.45) is 8.01. The molecule has 0 saturated carbocycles. The van der Waals surface area contributed by atoms with Crippen molar-refractivity contribution < 1.29 is 19.5 Å². The average Bonchev–Trinajstić information content (AvgIpc) is 2.78. The van der Waals surface area contributed by atoms with E-state index in [1.165, 1.54) is 32.1 Å². The van der Waals surface area contributed by atoms with E-state index in [4.69, 9.17) is 9.94 Å². The van der Waals surface area contributed by atoms with Crippen LogP contribution in [0.15, 0.2) is 24.3 Å². The van der Waals surface area contributed by atoms with Crippen LogP contribution in [0.1, 0.15) is 65.2 Å². The minimum absolute atomic E-state index is 0.0485. The summed E-state index contributed by atoms with van der Waals surface area (Å²) in [5.74, 6) is 0.478. The summed E-state index contributed by atoms with van der Waals surface area (Å²) >= 11 is 0. The van der Waals surface area contributed by atoms with Crippen LogP contribution in [-0.4, -0.2) is 59.4 Å². The van der Waals surface area contributed by atoms with Gasteiger partial charge in [-0.1, -0.05) is 39.0 Å². The highest BCUT2D eigenvalue weighted by Crippen LogP contribution is 2.20. The lowest BCUT2D eigenvalue weighted by atomic mass is 10.0. The molecule has 0 bridgehead atoms. The van der Waals surface area contributed by atoms with Crippen LogP contribution in [0.4, 0.5) is 15.3 Å². The molecule has 8 heteroatoms. The van der Waals surface area contributed by atoms with Crippen LogP contribution in [0.3, 0.4) is 0 Å². The predicted molar refractivity (Wildman–Crippen MR) is 122 cm³/mol. The first-order valence-electron chi connectivity index (χ1n) is 11.6. The fourth-order valence-electron chi connectivity index (χ4n) is 3.65. The topological polar surface area (TPSA) is 94.1 Å². The van der Waals surface area contributed by atoms with Gasteiger partial charge in [0, 0.05) is 31.4 Å². The van der Waals surface area contributed by atoms with Crippen molar-refractivity contribution >= 4 is 17.8 Å². The number of likely N-dealkylation sites (tertiary alicyclic amines) is 1. The van der Waals surface area contributed by atoms with Crippen molar-refractivity contribution in [2.24, 2.45) is 0 Å². The Hall–Kier alpha value is -2.64. The number of piperidine rings is 1. The molecule has 174 valence electrons. The molecule has 0 aromatic heterocycles. The molecule has 0 aliphatic carbocycles. The Morgan fingerprint density at radius 3 is 2.32 bits per heavy atom. The van der Waals surface area contributed by atoms with Gasteiger partial charge < -0.3 is 25.5 Å². The normalized spacial score (nSPS) is 14.2. The van der Waals surface area contributed by atoms with Crippen molar-refractivity contribution in [3.8, 4) is 5.75 Å². The SMILES string of the molecule is CCCCCCCCNC(=O)N1CCC(Nc2ccc(ON(CC)C(=O)O)cc2)CC1. The largest absolute Gasteiger partial charge is 0.463 e. The van der Waals surface area contributed by atoms with Gasteiger partial charge in [0.05, 0.1) is 6.54 Å². The monoisotopic (exact) mass is 434 g/mol. The lowest BCUT2D eigenvalue weighted by molar-refractivity contribution is -0.0315. The lowest BCUT2D eigenvalue weighted by Crippen LogP contribution is -2.47. The summed E-state index contributed by atoms with van der Waals surface area (Å²) in [4.78, 5) is 30.6. The fraction of sp³-hybridized carbons (Fsp3) is 0.652. The molecule has 3 amide bonds. The number of urea groups is 1. The Morgan fingerprint density at radius 2 is 1.71 bits per heavy atom. The highest BCUT2D eigenvalue weighted by Gasteiger charge is 2.22. The molecule has 1 aromatic rings. The van der Waals surface area contributed by atoms with Gasteiger partial charge >= 0.3 is 12.1 Å². The van der Waals surface area contributed by atoms with Crippen LogP contribution in [0.2, 0.25) is 0 Å². The first-order valence-corrected chi connectivity index (χ1v) is 11.6. The molecular weight excluding hydrogens is 396 g/mol. The number of rotatable bonds is 12. The summed E-state index contributed by atoms with van der Waals surface area (Å²) in [5.41, 5.74) is 0.955. The molecule has 0 unspecified atom stereocenters. The molecule has 0 atom stereocenters. The van der Waals surface area contributed by atoms with E-state index >= 15 is 0 Å². The zero-order valence-electron chi connectivity index (χ0n) is 18.9.